The molecule has 5 nitrogen and oxygen atoms in total. The molecule has 2 amide bonds. The van der Waals surface area contributed by atoms with Crippen LogP contribution in [-0.4, -0.2) is 20.3 Å². The third-order valence-corrected chi connectivity index (χ3v) is 4.72. The lowest BCUT2D eigenvalue weighted by Gasteiger charge is -2.38. The minimum Gasteiger partial charge on any atom is -0.493 e. The van der Waals surface area contributed by atoms with Crippen molar-refractivity contribution in [1.82, 2.24) is 0 Å². The predicted molar refractivity (Wildman–Crippen MR) is 106 cm³/mol. The smallest absolute Gasteiger partial charge is 0.327 e. The SMILES string of the molecule is COc1cc2c(cc1OC)C(c1ccccc1)N(c1ccccc1)C(=O)N2. The van der Waals surface area contributed by atoms with Gasteiger partial charge in [0.1, 0.15) is 0 Å². The molecule has 136 valence electrons. The molecule has 0 aromatic heterocycles. The summed E-state index contributed by atoms with van der Waals surface area (Å²) in [5, 5.41) is 2.99. The Hall–Kier alpha value is -3.47. The van der Waals surface area contributed by atoms with E-state index in [1.165, 1.54) is 0 Å². The summed E-state index contributed by atoms with van der Waals surface area (Å²) in [6, 6.07) is 22.9. The molecule has 1 aliphatic rings. The number of rotatable bonds is 4. The van der Waals surface area contributed by atoms with E-state index in [1.807, 2.05) is 72.8 Å². The van der Waals surface area contributed by atoms with Crippen LogP contribution in [-0.2, 0) is 0 Å². The lowest BCUT2D eigenvalue weighted by molar-refractivity contribution is 0.254. The number of methoxy groups -OCH3 is 2. The number of hydrogen-bond acceptors (Lipinski definition) is 3. The number of para-hydroxylation sites is 1. The molecule has 0 bridgehead atoms. The summed E-state index contributed by atoms with van der Waals surface area (Å²) >= 11 is 0. The fourth-order valence-electron chi connectivity index (χ4n) is 3.48. The van der Waals surface area contributed by atoms with E-state index in [-0.39, 0.29) is 12.1 Å². The van der Waals surface area contributed by atoms with Gasteiger partial charge in [-0.25, -0.2) is 4.79 Å². The van der Waals surface area contributed by atoms with Crippen molar-refractivity contribution >= 4 is 17.4 Å². The topological polar surface area (TPSA) is 50.8 Å². The maximum absolute atomic E-state index is 13.0. The van der Waals surface area contributed by atoms with Gasteiger partial charge >= 0.3 is 6.03 Å². The summed E-state index contributed by atoms with van der Waals surface area (Å²) in [5.74, 6) is 1.21. The molecule has 0 spiro atoms. The highest BCUT2D eigenvalue weighted by molar-refractivity contribution is 6.06. The van der Waals surface area contributed by atoms with Crippen LogP contribution in [0.2, 0.25) is 0 Å². The molecule has 3 aromatic rings. The normalized spacial score (nSPS) is 15.7. The van der Waals surface area contributed by atoms with Crippen molar-refractivity contribution in [2.24, 2.45) is 0 Å². The number of hydrogen-bond donors (Lipinski definition) is 1. The molecule has 0 saturated heterocycles. The first kappa shape index (κ1) is 17.0. The molecule has 1 unspecified atom stereocenters. The summed E-state index contributed by atoms with van der Waals surface area (Å²) in [7, 11) is 3.19. The molecule has 1 heterocycles. The van der Waals surface area contributed by atoms with E-state index in [9.17, 15) is 4.79 Å². The van der Waals surface area contributed by atoms with E-state index in [0.29, 0.717) is 11.5 Å². The van der Waals surface area contributed by atoms with Crippen LogP contribution in [0, 0.1) is 0 Å². The zero-order valence-corrected chi connectivity index (χ0v) is 15.2. The van der Waals surface area contributed by atoms with Crippen LogP contribution in [0.15, 0.2) is 72.8 Å². The van der Waals surface area contributed by atoms with Gasteiger partial charge in [-0.3, -0.25) is 4.90 Å². The summed E-state index contributed by atoms with van der Waals surface area (Å²) in [6.07, 6.45) is 0. The molecule has 27 heavy (non-hydrogen) atoms. The molecule has 1 N–H and O–H groups in total. The second-order valence-corrected chi connectivity index (χ2v) is 6.24. The summed E-state index contributed by atoms with van der Waals surface area (Å²) in [4.78, 5) is 14.8. The molecule has 0 saturated carbocycles. The minimum atomic E-state index is -0.280. The van der Waals surface area contributed by atoms with E-state index < -0.39 is 0 Å². The van der Waals surface area contributed by atoms with Crippen LogP contribution in [0.1, 0.15) is 17.2 Å². The van der Waals surface area contributed by atoms with Crippen molar-refractivity contribution in [2.45, 2.75) is 6.04 Å². The monoisotopic (exact) mass is 360 g/mol. The van der Waals surface area contributed by atoms with Gasteiger partial charge < -0.3 is 14.8 Å². The van der Waals surface area contributed by atoms with Gasteiger partial charge in [0.05, 0.1) is 25.9 Å². The zero-order chi connectivity index (χ0) is 18.8. The van der Waals surface area contributed by atoms with E-state index in [4.69, 9.17) is 9.47 Å². The summed E-state index contributed by atoms with van der Waals surface area (Å²) < 4.78 is 10.9. The van der Waals surface area contributed by atoms with Crippen molar-refractivity contribution in [3.8, 4) is 11.5 Å². The molecular weight excluding hydrogens is 340 g/mol. The van der Waals surface area contributed by atoms with Gasteiger partial charge in [-0.05, 0) is 23.8 Å². The molecule has 1 aliphatic heterocycles. The Kier molecular flexibility index (Phi) is 4.42. The summed E-state index contributed by atoms with van der Waals surface area (Å²) in [6.45, 7) is 0. The van der Waals surface area contributed by atoms with Crippen LogP contribution < -0.4 is 19.7 Å². The number of urea groups is 1. The van der Waals surface area contributed by atoms with Crippen LogP contribution in [0.4, 0.5) is 16.2 Å². The summed E-state index contributed by atoms with van der Waals surface area (Å²) in [5.41, 5.74) is 3.51. The highest BCUT2D eigenvalue weighted by Gasteiger charge is 2.35. The highest BCUT2D eigenvalue weighted by Crippen LogP contribution is 2.44. The van der Waals surface area contributed by atoms with Crippen LogP contribution in [0.25, 0.3) is 0 Å². The van der Waals surface area contributed by atoms with E-state index in [2.05, 4.69) is 5.32 Å². The molecule has 0 fully saturated rings. The standard InChI is InChI=1S/C22H20N2O3/c1-26-19-13-17-18(14-20(19)27-2)23-22(25)24(16-11-7-4-8-12-16)21(17)15-9-5-3-6-10-15/h3-14,21H,1-2H3,(H,23,25). The van der Waals surface area contributed by atoms with Crippen molar-refractivity contribution in [3.63, 3.8) is 0 Å². The molecule has 4 rings (SSSR count). The van der Waals surface area contributed by atoms with Crippen LogP contribution in [0.5, 0.6) is 11.5 Å². The van der Waals surface area contributed by atoms with Gasteiger partial charge in [0.15, 0.2) is 11.5 Å². The first-order valence-electron chi connectivity index (χ1n) is 8.69. The molecule has 3 aromatic carbocycles. The van der Waals surface area contributed by atoms with Gasteiger partial charge in [-0.15, -0.1) is 0 Å². The van der Waals surface area contributed by atoms with E-state index >= 15 is 0 Å². The number of carbonyl (C=O) groups excluding carboxylic acids is 1. The van der Waals surface area contributed by atoms with E-state index in [0.717, 1.165) is 22.5 Å². The first-order valence-corrected chi connectivity index (χ1v) is 8.69. The fraction of sp³-hybridized carbons (Fsp3) is 0.136. The van der Waals surface area contributed by atoms with Gasteiger partial charge in [0.25, 0.3) is 0 Å². The average Bonchev–Trinajstić information content (AvgIpc) is 2.73. The van der Waals surface area contributed by atoms with Gasteiger partial charge in [0.2, 0.25) is 0 Å². The Balaban J connectivity index is 1.94. The average molecular weight is 360 g/mol. The Labute approximate surface area is 158 Å². The van der Waals surface area contributed by atoms with E-state index in [1.54, 1.807) is 19.1 Å². The number of ether oxygens (including phenoxy) is 2. The van der Waals surface area contributed by atoms with Gasteiger partial charge in [0, 0.05) is 17.3 Å². The van der Waals surface area contributed by atoms with Crippen molar-refractivity contribution in [2.75, 3.05) is 24.4 Å². The minimum absolute atomic E-state index is 0.185. The number of anilines is 2. The Morgan fingerprint density at radius 1 is 0.852 bits per heavy atom. The second kappa shape index (κ2) is 7.03. The maximum Gasteiger partial charge on any atom is 0.327 e. The van der Waals surface area contributed by atoms with Crippen molar-refractivity contribution in [3.05, 3.63) is 83.9 Å². The van der Waals surface area contributed by atoms with Crippen molar-refractivity contribution in [1.29, 1.82) is 0 Å². The van der Waals surface area contributed by atoms with Crippen LogP contribution in [0.3, 0.4) is 0 Å². The number of benzene rings is 3. The quantitative estimate of drug-likeness (QED) is 0.724. The lowest BCUT2D eigenvalue weighted by atomic mass is 9.93. The Morgan fingerprint density at radius 2 is 1.44 bits per heavy atom. The van der Waals surface area contributed by atoms with Gasteiger partial charge in [-0.1, -0.05) is 48.5 Å². The molecule has 0 aliphatic carbocycles. The number of nitrogens with zero attached hydrogens (tertiary/aromatic N) is 1. The predicted octanol–water partition coefficient (Wildman–Crippen LogP) is 4.85. The third kappa shape index (κ3) is 2.97. The first-order chi connectivity index (χ1) is 13.2. The molecule has 5 heteroatoms. The molecule has 0 radical (unpaired) electrons. The van der Waals surface area contributed by atoms with Crippen molar-refractivity contribution < 1.29 is 14.3 Å². The number of amides is 2. The third-order valence-electron chi connectivity index (χ3n) is 4.72. The highest BCUT2D eigenvalue weighted by atomic mass is 16.5. The molecular formula is C22H20N2O3. The molecule has 1 atom stereocenters. The fourth-order valence-corrected chi connectivity index (χ4v) is 3.48. The zero-order valence-electron chi connectivity index (χ0n) is 15.2. The Morgan fingerprint density at radius 3 is 2.07 bits per heavy atom. The largest absolute Gasteiger partial charge is 0.493 e. The lowest BCUT2D eigenvalue weighted by Crippen LogP contribution is -2.43. The van der Waals surface area contributed by atoms with Crippen LogP contribution >= 0.6 is 0 Å². The number of fused-ring (bicyclic) bond motifs is 1. The number of nitrogens with one attached hydrogen (secondary N) is 1. The van der Waals surface area contributed by atoms with Gasteiger partial charge in [-0.2, -0.15) is 0 Å². The second-order valence-electron chi connectivity index (χ2n) is 6.24. The Bertz CT molecular complexity index is 958. The number of carbonyl (C=O) groups is 1. The maximum atomic E-state index is 13.0.